The Bertz CT molecular complexity index is 1210. The quantitative estimate of drug-likeness (QED) is 0.320. The average Bonchev–Trinajstić information content (AvgIpc) is 3.33. The molecule has 0 saturated heterocycles. The Kier molecular flexibility index (Phi) is 5.82. The number of amides is 1. The van der Waals surface area contributed by atoms with Crippen molar-refractivity contribution in [2.45, 2.75) is 31.1 Å². The molecule has 3 nitrogen and oxygen atoms in total. The number of fused-ring (bicyclic) bond motifs is 2. The van der Waals surface area contributed by atoms with Gasteiger partial charge in [-0.15, -0.1) is 34.4 Å². The summed E-state index contributed by atoms with van der Waals surface area (Å²) in [5.74, 6) is 0.618. The van der Waals surface area contributed by atoms with E-state index in [9.17, 15) is 9.18 Å². The topological polar surface area (TPSA) is 42.0 Å². The maximum atomic E-state index is 13.1. The van der Waals surface area contributed by atoms with Gasteiger partial charge in [0.25, 0.3) is 0 Å². The lowest BCUT2D eigenvalue weighted by atomic mass is 9.88. The third-order valence-electron chi connectivity index (χ3n) is 5.46. The van der Waals surface area contributed by atoms with E-state index in [1.807, 2.05) is 18.2 Å². The number of hydrogen-bond acceptors (Lipinski definition) is 5. The zero-order valence-electron chi connectivity index (χ0n) is 17.0. The first kappa shape index (κ1) is 20.7. The minimum Gasteiger partial charge on any atom is -0.316 e. The van der Waals surface area contributed by atoms with Crippen LogP contribution >= 0.6 is 34.4 Å². The highest BCUT2D eigenvalue weighted by molar-refractivity contribution is 8.00. The molecule has 7 heteroatoms. The van der Waals surface area contributed by atoms with Gasteiger partial charge in [0.1, 0.15) is 15.8 Å². The van der Waals surface area contributed by atoms with E-state index in [1.54, 1.807) is 34.8 Å². The van der Waals surface area contributed by atoms with Crippen molar-refractivity contribution in [3.63, 3.8) is 0 Å². The second-order valence-electron chi connectivity index (χ2n) is 7.83. The summed E-state index contributed by atoms with van der Waals surface area (Å²) in [7, 11) is 0. The van der Waals surface area contributed by atoms with Crippen LogP contribution < -0.4 is 5.32 Å². The first-order valence-corrected chi connectivity index (χ1v) is 12.9. The molecule has 31 heavy (non-hydrogen) atoms. The number of hydrogen-bond donors (Lipinski definition) is 1. The molecule has 1 unspecified atom stereocenters. The number of para-hydroxylation sites is 1. The lowest BCUT2D eigenvalue weighted by Crippen LogP contribution is -2.13. The first-order valence-electron chi connectivity index (χ1n) is 10.3. The number of benzene rings is 2. The molecule has 1 atom stereocenters. The summed E-state index contributed by atoms with van der Waals surface area (Å²) in [6, 6.07) is 14.4. The predicted octanol–water partition coefficient (Wildman–Crippen LogP) is 7.02. The molecular formula is C24H21FN2OS3. The summed E-state index contributed by atoms with van der Waals surface area (Å²) in [6.07, 6.45) is 3.24. The third-order valence-corrected chi connectivity index (χ3v) is 8.69. The molecule has 1 aliphatic carbocycles. The molecular weight excluding hydrogens is 447 g/mol. The fraction of sp³-hybridized carbons (Fsp3) is 0.250. The van der Waals surface area contributed by atoms with Crippen LogP contribution in [0.15, 0.2) is 53.4 Å². The van der Waals surface area contributed by atoms with E-state index in [0.29, 0.717) is 5.92 Å². The Balaban J connectivity index is 1.43. The summed E-state index contributed by atoms with van der Waals surface area (Å²) < 4.78 is 14.3. The standard InChI is InChI=1S/C24H21FN2OS3/c1-14-6-11-17-20(12-14)31-24(22(17)23-26-18-4-2-3-5-19(18)30-23)27-21(28)13-29-16-9-7-15(25)8-10-16/h2-5,7-10,14H,6,11-13H2,1H3,(H,27,28). The van der Waals surface area contributed by atoms with Crippen LogP contribution in [0.5, 0.6) is 0 Å². The Morgan fingerprint density at radius 2 is 2.00 bits per heavy atom. The van der Waals surface area contributed by atoms with Gasteiger partial charge in [-0.3, -0.25) is 4.79 Å². The van der Waals surface area contributed by atoms with Crippen LogP contribution in [0, 0.1) is 11.7 Å². The Morgan fingerprint density at radius 1 is 1.19 bits per heavy atom. The Hall–Kier alpha value is -2.22. The minimum absolute atomic E-state index is 0.0525. The van der Waals surface area contributed by atoms with E-state index in [0.717, 1.165) is 49.9 Å². The van der Waals surface area contributed by atoms with Gasteiger partial charge in [-0.05, 0) is 67.1 Å². The van der Waals surface area contributed by atoms with Crippen LogP contribution in [0.25, 0.3) is 20.8 Å². The molecule has 0 fully saturated rings. The molecule has 2 aromatic heterocycles. The number of thioether (sulfide) groups is 1. The zero-order valence-corrected chi connectivity index (χ0v) is 19.4. The second kappa shape index (κ2) is 8.73. The number of carbonyl (C=O) groups excluding carboxylic acids is 1. The zero-order chi connectivity index (χ0) is 21.4. The maximum absolute atomic E-state index is 13.1. The largest absolute Gasteiger partial charge is 0.316 e. The summed E-state index contributed by atoms with van der Waals surface area (Å²) in [5.41, 5.74) is 3.45. The van der Waals surface area contributed by atoms with Crippen LogP contribution in [-0.4, -0.2) is 16.6 Å². The van der Waals surface area contributed by atoms with E-state index < -0.39 is 0 Å². The lowest BCUT2D eigenvalue weighted by molar-refractivity contribution is -0.113. The molecule has 1 aliphatic rings. The van der Waals surface area contributed by atoms with Gasteiger partial charge in [-0.1, -0.05) is 19.1 Å². The molecule has 0 bridgehead atoms. The molecule has 0 spiro atoms. The minimum atomic E-state index is -0.271. The van der Waals surface area contributed by atoms with Gasteiger partial charge in [-0.25, -0.2) is 9.37 Å². The van der Waals surface area contributed by atoms with Crippen LogP contribution in [-0.2, 0) is 17.6 Å². The van der Waals surface area contributed by atoms with Crippen molar-refractivity contribution in [2.75, 3.05) is 11.1 Å². The Labute approximate surface area is 192 Å². The molecule has 5 rings (SSSR count). The molecule has 2 heterocycles. The van der Waals surface area contributed by atoms with Crippen molar-refractivity contribution >= 4 is 55.6 Å². The van der Waals surface area contributed by atoms with Crippen LogP contribution in [0.3, 0.4) is 0 Å². The number of aromatic nitrogens is 1. The number of rotatable bonds is 5. The SMILES string of the molecule is CC1CCc2c(sc(NC(=O)CSc3ccc(F)cc3)c2-c2nc3ccccc3s2)C1. The summed E-state index contributed by atoms with van der Waals surface area (Å²) >= 11 is 4.79. The second-order valence-corrected chi connectivity index (χ2v) is 11.0. The molecule has 0 radical (unpaired) electrons. The summed E-state index contributed by atoms with van der Waals surface area (Å²) in [5, 5.41) is 5.05. The number of thiophene rings is 1. The number of carbonyl (C=O) groups is 1. The number of nitrogens with one attached hydrogen (secondary N) is 1. The number of thiazole rings is 1. The highest BCUT2D eigenvalue weighted by Gasteiger charge is 2.27. The van der Waals surface area contributed by atoms with E-state index in [4.69, 9.17) is 4.98 Å². The van der Waals surface area contributed by atoms with E-state index >= 15 is 0 Å². The number of nitrogens with zero attached hydrogens (tertiary/aromatic N) is 1. The van der Waals surface area contributed by atoms with Crippen LogP contribution in [0.2, 0.25) is 0 Å². The van der Waals surface area contributed by atoms with Crippen molar-refractivity contribution in [1.29, 1.82) is 0 Å². The molecule has 1 amide bonds. The maximum Gasteiger partial charge on any atom is 0.235 e. The number of anilines is 1. The van der Waals surface area contributed by atoms with E-state index in [-0.39, 0.29) is 17.5 Å². The first-order chi connectivity index (χ1) is 15.1. The van der Waals surface area contributed by atoms with E-state index in [1.165, 1.54) is 34.3 Å². The van der Waals surface area contributed by atoms with Gasteiger partial charge >= 0.3 is 0 Å². The van der Waals surface area contributed by atoms with E-state index in [2.05, 4.69) is 18.3 Å². The molecule has 4 aromatic rings. The molecule has 0 saturated carbocycles. The van der Waals surface area contributed by atoms with Gasteiger partial charge < -0.3 is 5.32 Å². The van der Waals surface area contributed by atoms with Crippen LogP contribution in [0.4, 0.5) is 9.39 Å². The highest BCUT2D eigenvalue weighted by Crippen LogP contribution is 2.47. The summed E-state index contributed by atoms with van der Waals surface area (Å²) in [4.78, 5) is 19.9. The molecule has 2 aromatic carbocycles. The Morgan fingerprint density at radius 3 is 2.81 bits per heavy atom. The van der Waals surface area contributed by atoms with Crippen molar-refractivity contribution in [1.82, 2.24) is 4.98 Å². The normalized spacial score (nSPS) is 15.7. The van der Waals surface area contributed by atoms with Gasteiger partial charge in [-0.2, -0.15) is 0 Å². The molecule has 0 aliphatic heterocycles. The predicted molar refractivity (Wildman–Crippen MR) is 130 cm³/mol. The van der Waals surface area contributed by atoms with Gasteiger partial charge in [0.2, 0.25) is 5.91 Å². The van der Waals surface area contributed by atoms with Gasteiger partial charge in [0.15, 0.2) is 0 Å². The highest BCUT2D eigenvalue weighted by atomic mass is 32.2. The van der Waals surface area contributed by atoms with Gasteiger partial charge in [0, 0.05) is 15.3 Å². The van der Waals surface area contributed by atoms with Crippen molar-refractivity contribution in [2.24, 2.45) is 5.92 Å². The third kappa shape index (κ3) is 4.40. The van der Waals surface area contributed by atoms with Crippen LogP contribution in [0.1, 0.15) is 23.8 Å². The smallest absolute Gasteiger partial charge is 0.235 e. The lowest BCUT2D eigenvalue weighted by Gasteiger charge is -2.18. The summed E-state index contributed by atoms with van der Waals surface area (Å²) in [6.45, 7) is 2.29. The fourth-order valence-electron chi connectivity index (χ4n) is 3.89. The monoisotopic (exact) mass is 468 g/mol. The molecule has 158 valence electrons. The molecule has 1 N–H and O–H groups in total. The van der Waals surface area contributed by atoms with Crippen molar-refractivity contribution in [3.8, 4) is 10.6 Å². The number of halogens is 1. The van der Waals surface area contributed by atoms with Crippen molar-refractivity contribution < 1.29 is 9.18 Å². The van der Waals surface area contributed by atoms with Gasteiger partial charge in [0.05, 0.1) is 16.0 Å². The average molecular weight is 469 g/mol. The van der Waals surface area contributed by atoms with Crippen molar-refractivity contribution in [3.05, 3.63) is 64.8 Å². The fourth-order valence-corrected chi connectivity index (χ4v) is 7.12.